The minimum absolute atomic E-state index is 0.0181. The van der Waals surface area contributed by atoms with Gasteiger partial charge in [-0.2, -0.15) is 0 Å². The molecule has 0 bridgehead atoms. The third-order valence-corrected chi connectivity index (χ3v) is 6.06. The lowest BCUT2D eigenvalue weighted by molar-refractivity contribution is -0.385. The molecular formula is C26H32N2O10. The Kier molecular flexibility index (Phi) is 11.5. The highest BCUT2D eigenvalue weighted by atomic mass is 16.6. The Morgan fingerprint density at radius 3 is 1.16 bits per heavy atom. The summed E-state index contributed by atoms with van der Waals surface area (Å²) in [6.07, 6.45) is 4.51. The highest BCUT2D eigenvalue weighted by Gasteiger charge is 2.25. The van der Waals surface area contributed by atoms with Crippen molar-refractivity contribution >= 4 is 22.9 Å². The van der Waals surface area contributed by atoms with Gasteiger partial charge in [-0.3, -0.25) is 29.8 Å². The van der Waals surface area contributed by atoms with Crippen LogP contribution in [0, 0.1) is 20.2 Å². The van der Waals surface area contributed by atoms with Crippen molar-refractivity contribution in [2.45, 2.75) is 51.4 Å². The van der Waals surface area contributed by atoms with Gasteiger partial charge in [-0.25, -0.2) is 0 Å². The van der Waals surface area contributed by atoms with E-state index in [-0.39, 0.29) is 69.9 Å². The number of carbonyl (C=O) groups is 2. The number of hydrogen-bond donors (Lipinski definition) is 0. The maximum Gasteiger partial charge on any atom is 0.284 e. The Morgan fingerprint density at radius 2 is 0.868 bits per heavy atom. The summed E-state index contributed by atoms with van der Waals surface area (Å²) in [5.74, 6) is 0.147. The standard InChI is InChI=1S/C26H32N2O10/c1-35-23-13-17(19(27(31)32)15-25(23)37-3)21(29)11-9-7-5-6-8-10-12-22(30)18-14-24(36-2)26(38-4)16-20(18)28(33)34/h13-16H,5-12H2,1-4H3. The zero-order chi connectivity index (χ0) is 28.2. The van der Waals surface area contributed by atoms with Gasteiger partial charge in [0.15, 0.2) is 34.6 Å². The molecule has 38 heavy (non-hydrogen) atoms. The normalized spacial score (nSPS) is 10.5. The van der Waals surface area contributed by atoms with Crippen LogP contribution in [0.5, 0.6) is 23.0 Å². The first-order valence-corrected chi connectivity index (χ1v) is 12.1. The number of rotatable bonds is 17. The second-order valence-corrected chi connectivity index (χ2v) is 8.43. The fraction of sp³-hybridized carbons (Fsp3) is 0.462. The molecule has 206 valence electrons. The number of nitrogens with zero attached hydrogens (tertiary/aromatic N) is 2. The van der Waals surface area contributed by atoms with Crippen molar-refractivity contribution < 1.29 is 38.4 Å². The number of hydrogen-bond acceptors (Lipinski definition) is 10. The van der Waals surface area contributed by atoms with Gasteiger partial charge < -0.3 is 18.9 Å². The Hall–Kier alpha value is -4.22. The number of ketones is 2. The first-order valence-electron chi connectivity index (χ1n) is 12.1. The van der Waals surface area contributed by atoms with E-state index in [1.807, 2.05) is 0 Å². The molecule has 0 aliphatic carbocycles. The molecule has 0 heterocycles. The van der Waals surface area contributed by atoms with Gasteiger partial charge >= 0.3 is 0 Å². The predicted octanol–water partition coefficient (Wildman–Crippen LogP) is 5.72. The fourth-order valence-corrected chi connectivity index (χ4v) is 4.03. The lowest BCUT2D eigenvalue weighted by Crippen LogP contribution is -2.06. The molecule has 0 unspecified atom stereocenters. The molecule has 0 fully saturated rings. The van der Waals surface area contributed by atoms with Crippen LogP contribution < -0.4 is 18.9 Å². The van der Waals surface area contributed by atoms with Crippen LogP contribution >= 0.6 is 0 Å². The summed E-state index contributed by atoms with van der Waals surface area (Å²) in [6.45, 7) is 0. The Bertz CT molecular complexity index is 1090. The van der Waals surface area contributed by atoms with E-state index in [9.17, 15) is 29.8 Å². The van der Waals surface area contributed by atoms with Gasteiger partial charge in [-0.15, -0.1) is 0 Å². The monoisotopic (exact) mass is 532 g/mol. The van der Waals surface area contributed by atoms with Gasteiger partial charge in [0.2, 0.25) is 0 Å². The number of nitro groups is 2. The van der Waals surface area contributed by atoms with Crippen LogP contribution in [-0.2, 0) is 0 Å². The Morgan fingerprint density at radius 1 is 0.579 bits per heavy atom. The average Bonchev–Trinajstić information content (AvgIpc) is 2.92. The number of methoxy groups -OCH3 is 4. The minimum Gasteiger partial charge on any atom is -0.493 e. The van der Waals surface area contributed by atoms with Crippen LogP contribution in [0.4, 0.5) is 11.4 Å². The molecule has 0 amide bonds. The van der Waals surface area contributed by atoms with E-state index in [1.54, 1.807) is 0 Å². The summed E-state index contributed by atoms with van der Waals surface area (Å²) in [6, 6.07) is 5.03. The van der Waals surface area contributed by atoms with Gasteiger partial charge in [0.05, 0.1) is 61.5 Å². The molecular weight excluding hydrogens is 500 g/mol. The summed E-state index contributed by atoms with van der Waals surface area (Å²) in [5.41, 5.74) is -0.690. The number of benzene rings is 2. The first kappa shape index (κ1) is 30.0. The summed E-state index contributed by atoms with van der Waals surface area (Å²) in [4.78, 5) is 46.9. The number of nitro benzene ring substituents is 2. The number of carbonyl (C=O) groups excluding carboxylic acids is 2. The van der Waals surface area contributed by atoms with Crippen LogP contribution in [0.1, 0.15) is 72.1 Å². The number of unbranched alkanes of at least 4 members (excludes halogenated alkanes) is 5. The molecule has 0 saturated carbocycles. The quantitative estimate of drug-likeness (QED) is 0.107. The largest absolute Gasteiger partial charge is 0.493 e. The summed E-state index contributed by atoms with van der Waals surface area (Å²) >= 11 is 0. The third-order valence-electron chi connectivity index (χ3n) is 6.06. The number of Topliss-reactive ketones (excluding diaryl/α,β-unsaturated/α-hetero) is 2. The molecule has 2 rings (SSSR count). The third kappa shape index (κ3) is 7.64. The van der Waals surface area contributed by atoms with Crippen LogP contribution in [0.25, 0.3) is 0 Å². The van der Waals surface area contributed by atoms with Crippen molar-refractivity contribution in [2.24, 2.45) is 0 Å². The van der Waals surface area contributed by atoms with Crippen molar-refractivity contribution in [3.63, 3.8) is 0 Å². The molecule has 2 aromatic rings. The molecule has 0 spiro atoms. The SMILES string of the molecule is COc1cc(C(=O)CCCCCCCCC(=O)c2cc(OC)c(OC)cc2[N+](=O)[O-])c([N+](=O)[O-])cc1OC. The first-order chi connectivity index (χ1) is 18.2. The van der Waals surface area contributed by atoms with E-state index in [1.165, 1.54) is 52.7 Å². The average molecular weight is 533 g/mol. The van der Waals surface area contributed by atoms with Crippen molar-refractivity contribution in [1.82, 2.24) is 0 Å². The fourth-order valence-electron chi connectivity index (χ4n) is 4.03. The lowest BCUT2D eigenvalue weighted by Gasteiger charge is -2.10. The molecule has 12 nitrogen and oxygen atoms in total. The van der Waals surface area contributed by atoms with Crippen LogP contribution in [0.3, 0.4) is 0 Å². The molecule has 0 atom stereocenters. The molecule has 0 saturated heterocycles. The molecule has 12 heteroatoms. The van der Waals surface area contributed by atoms with E-state index in [0.717, 1.165) is 25.7 Å². The van der Waals surface area contributed by atoms with E-state index >= 15 is 0 Å². The Balaban J connectivity index is 1.82. The van der Waals surface area contributed by atoms with E-state index in [4.69, 9.17) is 18.9 Å². The smallest absolute Gasteiger partial charge is 0.284 e. The van der Waals surface area contributed by atoms with E-state index in [2.05, 4.69) is 0 Å². The van der Waals surface area contributed by atoms with Crippen LogP contribution in [0.15, 0.2) is 24.3 Å². The molecule has 0 aromatic heterocycles. The zero-order valence-corrected chi connectivity index (χ0v) is 21.9. The van der Waals surface area contributed by atoms with Gasteiger partial charge in [0.1, 0.15) is 0 Å². The second kappa shape index (κ2) is 14.5. The van der Waals surface area contributed by atoms with E-state index < -0.39 is 9.85 Å². The topological polar surface area (TPSA) is 157 Å². The number of ether oxygens (including phenoxy) is 4. The molecule has 2 aromatic carbocycles. The molecule has 0 aliphatic rings. The highest BCUT2D eigenvalue weighted by molar-refractivity contribution is 6.01. The van der Waals surface area contributed by atoms with Crippen molar-refractivity contribution in [3.8, 4) is 23.0 Å². The minimum atomic E-state index is -0.618. The highest BCUT2D eigenvalue weighted by Crippen LogP contribution is 2.36. The van der Waals surface area contributed by atoms with E-state index in [0.29, 0.717) is 12.8 Å². The van der Waals surface area contributed by atoms with Gasteiger partial charge in [-0.1, -0.05) is 25.7 Å². The molecule has 0 radical (unpaired) electrons. The maximum atomic E-state index is 12.6. The second-order valence-electron chi connectivity index (χ2n) is 8.43. The summed E-state index contributed by atoms with van der Waals surface area (Å²) in [7, 11) is 5.50. The maximum absolute atomic E-state index is 12.6. The molecule has 0 aliphatic heterocycles. The summed E-state index contributed by atoms with van der Waals surface area (Å²) in [5, 5.41) is 22.8. The lowest BCUT2D eigenvalue weighted by atomic mass is 10.00. The zero-order valence-electron chi connectivity index (χ0n) is 21.9. The van der Waals surface area contributed by atoms with Crippen LogP contribution in [0.2, 0.25) is 0 Å². The van der Waals surface area contributed by atoms with Crippen molar-refractivity contribution in [1.29, 1.82) is 0 Å². The predicted molar refractivity (Wildman–Crippen MR) is 138 cm³/mol. The van der Waals surface area contributed by atoms with Gasteiger partial charge in [0.25, 0.3) is 11.4 Å². The van der Waals surface area contributed by atoms with Gasteiger partial charge in [0, 0.05) is 25.0 Å². The van der Waals surface area contributed by atoms with Crippen LogP contribution in [-0.4, -0.2) is 49.9 Å². The van der Waals surface area contributed by atoms with Crippen molar-refractivity contribution in [3.05, 3.63) is 55.6 Å². The Labute approximate surface area is 220 Å². The van der Waals surface area contributed by atoms with Crippen molar-refractivity contribution in [2.75, 3.05) is 28.4 Å². The molecule has 0 N–H and O–H groups in total. The van der Waals surface area contributed by atoms with Gasteiger partial charge in [-0.05, 0) is 12.8 Å². The summed E-state index contributed by atoms with van der Waals surface area (Å²) < 4.78 is 20.5.